The van der Waals surface area contributed by atoms with Gasteiger partial charge in [-0.1, -0.05) is 24.3 Å². The molecule has 1 unspecified atom stereocenters. The third-order valence-electron chi connectivity index (χ3n) is 4.04. The van der Waals surface area contributed by atoms with Gasteiger partial charge >= 0.3 is 5.97 Å². The Bertz CT molecular complexity index is 738. The zero-order valence-electron chi connectivity index (χ0n) is 14.0. The van der Waals surface area contributed by atoms with Crippen molar-refractivity contribution in [1.29, 1.82) is 0 Å². The highest BCUT2D eigenvalue weighted by Gasteiger charge is 2.24. The molecule has 134 valence electrons. The molecule has 25 heavy (non-hydrogen) atoms. The summed E-state index contributed by atoms with van der Waals surface area (Å²) in [5.74, 6) is -0.290. The van der Waals surface area contributed by atoms with E-state index in [4.69, 9.17) is 9.47 Å². The molecule has 0 amide bonds. The Morgan fingerprint density at radius 1 is 1.24 bits per heavy atom. The number of hydrogen-bond acceptors (Lipinski definition) is 4. The third-order valence-corrected chi connectivity index (χ3v) is 4.04. The molecule has 1 atom stereocenters. The first kappa shape index (κ1) is 19.2. The van der Waals surface area contributed by atoms with E-state index in [-0.39, 0.29) is 30.9 Å². The Balaban J connectivity index is 0.00000225. The Hall–Kier alpha value is -2.11. The first-order valence-corrected chi connectivity index (χ1v) is 8.08. The van der Waals surface area contributed by atoms with Crippen LogP contribution in [0.4, 0.5) is 4.39 Å². The lowest BCUT2D eigenvalue weighted by atomic mass is 9.89. The lowest BCUT2D eigenvalue weighted by Gasteiger charge is -2.28. The number of rotatable bonds is 5. The Morgan fingerprint density at radius 2 is 2.04 bits per heavy atom. The molecule has 0 aromatic heterocycles. The van der Waals surface area contributed by atoms with E-state index in [9.17, 15) is 9.18 Å². The van der Waals surface area contributed by atoms with Crippen molar-refractivity contribution < 1.29 is 18.7 Å². The molecule has 1 aliphatic rings. The van der Waals surface area contributed by atoms with E-state index in [1.165, 1.54) is 17.7 Å². The molecule has 1 heterocycles. The second kappa shape index (κ2) is 8.83. The van der Waals surface area contributed by atoms with E-state index >= 15 is 0 Å². The van der Waals surface area contributed by atoms with Crippen LogP contribution in [0.5, 0.6) is 5.75 Å². The predicted molar refractivity (Wildman–Crippen MR) is 95.8 cm³/mol. The van der Waals surface area contributed by atoms with Crippen molar-refractivity contribution >= 4 is 18.4 Å². The summed E-state index contributed by atoms with van der Waals surface area (Å²) in [6.45, 7) is 2.65. The molecule has 1 aliphatic heterocycles. The summed E-state index contributed by atoms with van der Waals surface area (Å²) in [6.07, 6.45) is 0.932. The normalized spacial score (nSPS) is 15.7. The number of nitrogens with one attached hydrogen (secondary N) is 1. The van der Waals surface area contributed by atoms with Crippen LogP contribution < -0.4 is 10.1 Å². The minimum absolute atomic E-state index is 0. The van der Waals surface area contributed by atoms with Gasteiger partial charge in [0.05, 0.1) is 12.6 Å². The van der Waals surface area contributed by atoms with Gasteiger partial charge in [0.25, 0.3) is 0 Å². The lowest BCUT2D eigenvalue weighted by molar-refractivity contribution is -0.145. The largest absolute Gasteiger partial charge is 0.482 e. The van der Waals surface area contributed by atoms with Gasteiger partial charge in [0.1, 0.15) is 11.6 Å². The van der Waals surface area contributed by atoms with Crippen LogP contribution in [0.2, 0.25) is 0 Å². The molecule has 0 aliphatic carbocycles. The highest BCUT2D eigenvalue weighted by molar-refractivity contribution is 5.85. The van der Waals surface area contributed by atoms with Gasteiger partial charge in [-0.3, -0.25) is 0 Å². The SMILES string of the molecule is CCOC(=O)COc1ccc(F)cc1C1NCCc2ccccc21.Cl. The fourth-order valence-corrected chi connectivity index (χ4v) is 3.00. The number of carbonyl (C=O) groups is 1. The van der Waals surface area contributed by atoms with E-state index in [1.54, 1.807) is 13.0 Å². The molecule has 6 heteroatoms. The zero-order valence-corrected chi connectivity index (χ0v) is 14.8. The van der Waals surface area contributed by atoms with E-state index in [1.807, 2.05) is 18.2 Å². The average molecular weight is 366 g/mol. The molecule has 2 aromatic carbocycles. The predicted octanol–water partition coefficient (Wildman–Crippen LogP) is 3.42. The number of fused-ring (bicyclic) bond motifs is 1. The van der Waals surface area contributed by atoms with Crippen LogP contribution in [-0.2, 0) is 16.0 Å². The minimum Gasteiger partial charge on any atom is -0.482 e. The molecule has 4 nitrogen and oxygen atoms in total. The summed E-state index contributed by atoms with van der Waals surface area (Å²) in [5.41, 5.74) is 3.03. The average Bonchev–Trinajstić information content (AvgIpc) is 2.60. The molecule has 2 aromatic rings. The van der Waals surface area contributed by atoms with Crippen molar-refractivity contribution in [2.45, 2.75) is 19.4 Å². The maximum atomic E-state index is 13.8. The van der Waals surface area contributed by atoms with Crippen molar-refractivity contribution in [3.8, 4) is 5.75 Å². The molecular weight excluding hydrogens is 345 g/mol. The monoisotopic (exact) mass is 365 g/mol. The van der Waals surface area contributed by atoms with E-state index in [0.29, 0.717) is 17.9 Å². The molecule has 1 N–H and O–H groups in total. The number of benzene rings is 2. The van der Waals surface area contributed by atoms with Crippen LogP contribution in [0.3, 0.4) is 0 Å². The van der Waals surface area contributed by atoms with Gasteiger partial charge in [-0.05, 0) is 42.7 Å². The van der Waals surface area contributed by atoms with Crippen molar-refractivity contribution in [3.63, 3.8) is 0 Å². The number of esters is 1. The molecule has 0 fully saturated rings. The van der Waals surface area contributed by atoms with E-state index in [0.717, 1.165) is 18.5 Å². The van der Waals surface area contributed by atoms with Gasteiger partial charge in [0.15, 0.2) is 6.61 Å². The van der Waals surface area contributed by atoms with E-state index < -0.39 is 5.97 Å². The number of ether oxygens (including phenoxy) is 2. The smallest absolute Gasteiger partial charge is 0.344 e. The maximum absolute atomic E-state index is 13.8. The van der Waals surface area contributed by atoms with Gasteiger partial charge in [-0.25, -0.2) is 9.18 Å². The first-order valence-electron chi connectivity index (χ1n) is 8.08. The van der Waals surface area contributed by atoms with Crippen LogP contribution in [0, 0.1) is 5.82 Å². The van der Waals surface area contributed by atoms with Gasteiger partial charge in [0.2, 0.25) is 0 Å². The number of hydrogen-bond donors (Lipinski definition) is 1. The van der Waals surface area contributed by atoms with Gasteiger partial charge in [-0.2, -0.15) is 0 Å². The van der Waals surface area contributed by atoms with Gasteiger partial charge in [0, 0.05) is 12.1 Å². The third kappa shape index (κ3) is 4.50. The summed E-state index contributed by atoms with van der Waals surface area (Å²) in [7, 11) is 0. The van der Waals surface area contributed by atoms with Crippen molar-refractivity contribution in [1.82, 2.24) is 5.32 Å². The lowest BCUT2D eigenvalue weighted by Crippen LogP contribution is -2.31. The summed E-state index contributed by atoms with van der Waals surface area (Å²) in [5, 5.41) is 3.41. The summed E-state index contributed by atoms with van der Waals surface area (Å²) < 4.78 is 24.3. The first-order chi connectivity index (χ1) is 11.7. The summed E-state index contributed by atoms with van der Waals surface area (Å²) >= 11 is 0. The second-order valence-corrected chi connectivity index (χ2v) is 5.61. The molecule has 0 saturated carbocycles. The second-order valence-electron chi connectivity index (χ2n) is 5.61. The standard InChI is InChI=1S/C19H20FNO3.ClH/c1-2-23-18(22)12-24-17-8-7-14(20)11-16(17)19-15-6-4-3-5-13(15)9-10-21-19;/h3-8,11,19,21H,2,9-10,12H2,1H3;1H. The van der Waals surface area contributed by atoms with Crippen molar-refractivity contribution in [2.75, 3.05) is 19.8 Å². The molecule has 0 radical (unpaired) electrons. The molecule has 3 rings (SSSR count). The van der Waals surface area contributed by atoms with Crippen LogP contribution in [-0.4, -0.2) is 25.7 Å². The zero-order chi connectivity index (χ0) is 16.9. The molecule has 0 saturated heterocycles. The van der Waals surface area contributed by atoms with Crippen LogP contribution in [0.15, 0.2) is 42.5 Å². The summed E-state index contributed by atoms with van der Waals surface area (Å²) in [6, 6.07) is 12.3. The highest BCUT2D eigenvalue weighted by atomic mass is 35.5. The Kier molecular flexibility index (Phi) is 6.79. The van der Waals surface area contributed by atoms with Gasteiger partial charge in [-0.15, -0.1) is 12.4 Å². The molecular formula is C19H21ClFNO3. The summed E-state index contributed by atoms with van der Waals surface area (Å²) in [4.78, 5) is 11.5. The molecule has 0 bridgehead atoms. The quantitative estimate of drug-likeness (QED) is 0.825. The Morgan fingerprint density at radius 3 is 2.84 bits per heavy atom. The van der Waals surface area contributed by atoms with Crippen LogP contribution in [0.1, 0.15) is 29.7 Å². The number of halogens is 2. The fraction of sp³-hybridized carbons (Fsp3) is 0.316. The highest BCUT2D eigenvalue weighted by Crippen LogP contribution is 2.34. The van der Waals surface area contributed by atoms with Crippen LogP contribution in [0.25, 0.3) is 0 Å². The number of carbonyl (C=O) groups excluding carboxylic acids is 1. The minimum atomic E-state index is -0.440. The Labute approximate surface area is 152 Å². The van der Waals surface area contributed by atoms with E-state index in [2.05, 4.69) is 11.4 Å². The van der Waals surface area contributed by atoms with Crippen LogP contribution >= 0.6 is 12.4 Å². The topological polar surface area (TPSA) is 47.6 Å². The van der Waals surface area contributed by atoms with Gasteiger partial charge < -0.3 is 14.8 Å². The molecule has 0 spiro atoms. The van der Waals surface area contributed by atoms with Crippen molar-refractivity contribution in [3.05, 3.63) is 65.0 Å². The fourth-order valence-electron chi connectivity index (χ4n) is 3.00. The van der Waals surface area contributed by atoms with Crippen molar-refractivity contribution in [2.24, 2.45) is 0 Å². The maximum Gasteiger partial charge on any atom is 0.344 e.